The first-order valence-corrected chi connectivity index (χ1v) is 6.51. The lowest BCUT2D eigenvalue weighted by Gasteiger charge is -2.08. The predicted octanol–water partition coefficient (Wildman–Crippen LogP) is 2.77. The molecule has 0 aliphatic heterocycles. The molecule has 0 atom stereocenters. The number of benzene rings is 1. The van der Waals surface area contributed by atoms with Crippen LogP contribution < -0.4 is 0 Å². The molecule has 0 spiro atoms. The van der Waals surface area contributed by atoms with Crippen molar-refractivity contribution in [1.29, 1.82) is 0 Å². The maximum atomic E-state index is 13.4. The summed E-state index contributed by atoms with van der Waals surface area (Å²) in [5.74, 6) is -1.63. The third kappa shape index (κ3) is 2.80. The van der Waals surface area contributed by atoms with Crippen LogP contribution in [0.2, 0.25) is 5.02 Å². The Morgan fingerprint density at radius 2 is 2.25 bits per heavy atom. The van der Waals surface area contributed by atoms with Gasteiger partial charge < -0.3 is 5.11 Å². The molecule has 0 saturated carbocycles. The first-order chi connectivity index (χ1) is 9.54. The normalized spacial score (nSPS) is 10.8. The Morgan fingerprint density at radius 1 is 1.50 bits per heavy atom. The fourth-order valence-corrected chi connectivity index (χ4v) is 2.13. The predicted molar refractivity (Wildman–Crippen MR) is 71.5 cm³/mol. The van der Waals surface area contributed by atoms with Gasteiger partial charge in [-0.05, 0) is 18.1 Å². The fraction of sp³-hybridized carbons (Fsp3) is 0.308. The van der Waals surface area contributed by atoms with Crippen molar-refractivity contribution < 1.29 is 14.3 Å². The zero-order chi connectivity index (χ0) is 14.7. The van der Waals surface area contributed by atoms with E-state index >= 15 is 0 Å². The number of rotatable bonds is 5. The lowest BCUT2D eigenvalue weighted by molar-refractivity contribution is 0.0689. The van der Waals surface area contributed by atoms with Crippen LogP contribution in [-0.2, 0) is 13.0 Å². The lowest BCUT2D eigenvalue weighted by Crippen LogP contribution is -2.10. The lowest BCUT2D eigenvalue weighted by atomic mass is 10.2. The third-order valence-corrected chi connectivity index (χ3v) is 3.30. The molecule has 0 radical (unpaired) electrons. The summed E-state index contributed by atoms with van der Waals surface area (Å²) in [7, 11) is 0. The van der Waals surface area contributed by atoms with Crippen LogP contribution in [0.5, 0.6) is 0 Å². The minimum Gasteiger partial charge on any atom is -0.476 e. The van der Waals surface area contributed by atoms with Gasteiger partial charge in [0.15, 0.2) is 5.69 Å². The number of hydrogen-bond donors (Lipinski definition) is 1. The molecule has 0 bridgehead atoms. The van der Waals surface area contributed by atoms with E-state index < -0.39 is 11.8 Å². The van der Waals surface area contributed by atoms with Crippen LogP contribution in [0.1, 0.15) is 35.1 Å². The molecule has 0 aliphatic carbocycles. The Labute approximate surface area is 120 Å². The number of carboxylic acid groups (broad SMARTS) is 1. The van der Waals surface area contributed by atoms with Gasteiger partial charge in [-0.25, -0.2) is 13.9 Å². The van der Waals surface area contributed by atoms with Gasteiger partial charge >= 0.3 is 5.97 Å². The van der Waals surface area contributed by atoms with Crippen LogP contribution in [-0.4, -0.2) is 26.1 Å². The van der Waals surface area contributed by atoms with E-state index in [-0.39, 0.29) is 17.3 Å². The molecule has 1 heterocycles. The Bertz CT molecular complexity index is 643. The van der Waals surface area contributed by atoms with E-state index in [2.05, 4.69) is 10.3 Å². The van der Waals surface area contributed by atoms with Crippen molar-refractivity contribution in [2.75, 3.05) is 0 Å². The molecule has 0 fully saturated rings. The number of hydrogen-bond acceptors (Lipinski definition) is 3. The highest BCUT2D eigenvalue weighted by atomic mass is 35.5. The van der Waals surface area contributed by atoms with Crippen LogP contribution in [0, 0.1) is 5.82 Å². The van der Waals surface area contributed by atoms with Gasteiger partial charge in [0.1, 0.15) is 5.82 Å². The van der Waals surface area contributed by atoms with Crippen LogP contribution >= 0.6 is 11.6 Å². The van der Waals surface area contributed by atoms with Gasteiger partial charge in [0.05, 0.1) is 17.3 Å². The molecule has 1 aromatic heterocycles. The van der Waals surface area contributed by atoms with E-state index in [0.717, 1.165) is 6.42 Å². The number of nitrogens with zero attached hydrogens (tertiary/aromatic N) is 3. The highest BCUT2D eigenvalue weighted by Gasteiger charge is 2.19. The number of aromatic nitrogens is 3. The molecular weight excluding hydrogens is 285 g/mol. The summed E-state index contributed by atoms with van der Waals surface area (Å²) in [6, 6.07) is 4.48. The van der Waals surface area contributed by atoms with Crippen molar-refractivity contribution in [3.05, 3.63) is 46.0 Å². The first kappa shape index (κ1) is 14.5. The molecular formula is C13H13ClFN3O2. The van der Waals surface area contributed by atoms with Crippen molar-refractivity contribution in [3.8, 4) is 0 Å². The molecule has 20 heavy (non-hydrogen) atoms. The third-order valence-electron chi connectivity index (χ3n) is 2.88. The van der Waals surface area contributed by atoms with Crippen LogP contribution in [0.15, 0.2) is 18.2 Å². The topological polar surface area (TPSA) is 68.0 Å². The Balaban J connectivity index is 2.38. The second-order valence-corrected chi connectivity index (χ2v) is 4.69. The zero-order valence-corrected chi connectivity index (χ0v) is 11.6. The monoisotopic (exact) mass is 297 g/mol. The molecule has 1 N–H and O–H groups in total. The summed E-state index contributed by atoms with van der Waals surface area (Å²) in [6.07, 6.45) is 1.28. The Kier molecular flexibility index (Phi) is 4.34. The number of carboxylic acids is 1. The summed E-state index contributed by atoms with van der Waals surface area (Å²) in [5, 5.41) is 16.6. The van der Waals surface area contributed by atoms with Crippen molar-refractivity contribution >= 4 is 17.6 Å². The molecule has 1 aromatic carbocycles. The van der Waals surface area contributed by atoms with E-state index in [1.165, 1.54) is 10.7 Å². The highest BCUT2D eigenvalue weighted by Crippen LogP contribution is 2.21. The minimum absolute atomic E-state index is 0.0160. The summed E-state index contributed by atoms with van der Waals surface area (Å²) in [5.41, 5.74) is 0.977. The van der Waals surface area contributed by atoms with E-state index in [1.54, 1.807) is 12.1 Å². The fourth-order valence-electron chi connectivity index (χ4n) is 1.94. The van der Waals surface area contributed by atoms with E-state index in [1.807, 2.05) is 6.92 Å². The van der Waals surface area contributed by atoms with Gasteiger partial charge in [0.2, 0.25) is 0 Å². The van der Waals surface area contributed by atoms with Crippen LogP contribution in [0.3, 0.4) is 0 Å². The smallest absolute Gasteiger partial charge is 0.358 e. The van der Waals surface area contributed by atoms with Crippen molar-refractivity contribution in [2.45, 2.75) is 26.3 Å². The van der Waals surface area contributed by atoms with Gasteiger partial charge in [-0.3, -0.25) is 0 Å². The summed E-state index contributed by atoms with van der Waals surface area (Å²) < 4.78 is 14.8. The van der Waals surface area contributed by atoms with E-state index in [9.17, 15) is 9.18 Å². The second-order valence-electron chi connectivity index (χ2n) is 4.31. The quantitative estimate of drug-likeness (QED) is 0.921. The largest absolute Gasteiger partial charge is 0.476 e. The van der Waals surface area contributed by atoms with Gasteiger partial charge in [-0.2, -0.15) is 0 Å². The summed E-state index contributed by atoms with van der Waals surface area (Å²) >= 11 is 5.89. The molecule has 0 amide bonds. The van der Waals surface area contributed by atoms with Crippen molar-refractivity contribution in [3.63, 3.8) is 0 Å². The zero-order valence-electron chi connectivity index (χ0n) is 10.8. The minimum atomic E-state index is -1.12. The average molecular weight is 298 g/mol. The van der Waals surface area contributed by atoms with Crippen LogP contribution in [0.25, 0.3) is 0 Å². The molecule has 5 nitrogen and oxygen atoms in total. The van der Waals surface area contributed by atoms with E-state index in [0.29, 0.717) is 17.7 Å². The molecule has 0 saturated heterocycles. The maximum absolute atomic E-state index is 13.4. The van der Waals surface area contributed by atoms with Crippen molar-refractivity contribution in [2.24, 2.45) is 0 Å². The number of carbonyl (C=O) groups is 1. The highest BCUT2D eigenvalue weighted by molar-refractivity contribution is 6.31. The Hall–Kier alpha value is -1.95. The standard InChI is InChI=1S/C13H13ClFN3O2/c1-2-4-10-12(13(19)20)16-17-18(10)7-8-5-3-6-9(15)11(8)14/h3,5-6H,2,4,7H2,1H3,(H,19,20). The SMILES string of the molecule is CCCc1c(C(=O)O)nnn1Cc1cccc(F)c1Cl. The second kappa shape index (κ2) is 6.00. The summed E-state index contributed by atoms with van der Waals surface area (Å²) in [4.78, 5) is 11.1. The molecule has 0 unspecified atom stereocenters. The first-order valence-electron chi connectivity index (χ1n) is 6.13. The van der Waals surface area contributed by atoms with Crippen molar-refractivity contribution in [1.82, 2.24) is 15.0 Å². The molecule has 2 aromatic rings. The van der Waals surface area contributed by atoms with Crippen LogP contribution in [0.4, 0.5) is 4.39 Å². The average Bonchev–Trinajstić information content (AvgIpc) is 2.79. The van der Waals surface area contributed by atoms with Gasteiger partial charge in [0.25, 0.3) is 0 Å². The van der Waals surface area contributed by atoms with Gasteiger partial charge in [0, 0.05) is 0 Å². The number of halogens is 2. The van der Waals surface area contributed by atoms with E-state index in [4.69, 9.17) is 16.7 Å². The molecule has 2 rings (SSSR count). The summed E-state index contributed by atoms with van der Waals surface area (Å²) in [6.45, 7) is 2.12. The molecule has 7 heteroatoms. The number of aromatic carboxylic acids is 1. The maximum Gasteiger partial charge on any atom is 0.358 e. The van der Waals surface area contributed by atoms with Gasteiger partial charge in [-0.15, -0.1) is 5.10 Å². The Morgan fingerprint density at radius 3 is 2.90 bits per heavy atom. The molecule has 0 aliphatic rings. The van der Waals surface area contributed by atoms with Gasteiger partial charge in [-0.1, -0.05) is 42.3 Å². The molecule has 106 valence electrons.